The van der Waals surface area contributed by atoms with Crippen molar-refractivity contribution in [2.45, 2.75) is 45.6 Å². The number of unbranched alkanes of at least 4 members (excludes halogenated alkanes) is 2. The maximum Gasteiger partial charge on any atom is 0.126 e. The molecule has 0 aliphatic rings. The molecule has 1 aromatic carbocycles. The first kappa shape index (κ1) is 12.2. The summed E-state index contributed by atoms with van der Waals surface area (Å²) in [6.07, 6.45) is 4.45. The fourth-order valence-corrected chi connectivity index (χ4v) is 1.80. The van der Waals surface area contributed by atoms with Gasteiger partial charge in [0.1, 0.15) is 5.82 Å². The molecule has 0 amide bonds. The van der Waals surface area contributed by atoms with E-state index in [-0.39, 0.29) is 11.9 Å². The van der Waals surface area contributed by atoms with E-state index < -0.39 is 0 Å². The molecule has 1 rings (SSSR count). The number of hydrogen-bond donors (Lipinski definition) is 1. The SMILES string of the molecule is CCCCC[C@H](N)c1cccc(F)c1C. The van der Waals surface area contributed by atoms with Gasteiger partial charge in [-0.25, -0.2) is 4.39 Å². The van der Waals surface area contributed by atoms with Crippen LogP contribution < -0.4 is 5.73 Å². The van der Waals surface area contributed by atoms with Crippen LogP contribution in [0.3, 0.4) is 0 Å². The first-order chi connectivity index (χ1) is 7.16. The second kappa shape index (κ2) is 5.86. The van der Waals surface area contributed by atoms with Gasteiger partial charge in [0.15, 0.2) is 0 Å². The summed E-state index contributed by atoms with van der Waals surface area (Å²) in [6.45, 7) is 3.96. The molecule has 0 radical (unpaired) electrons. The summed E-state index contributed by atoms with van der Waals surface area (Å²) in [5, 5.41) is 0. The average Bonchev–Trinajstić information content (AvgIpc) is 2.22. The van der Waals surface area contributed by atoms with E-state index in [0.717, 1.165) is 18.4 Å². The minimum absolute atomic E-state index is 0.0211. The molecular weight excluding hydrogens is 189 g/mol. The molecule has 0 aliphatic heterocycles. The maximum atomic E-state index is 13.3. The Balaban J connectivity index is 2.65. The number of halogens is 1. The van der Waals surface area contributed by atoms with Crippen LogP contribution in [0.25, 0.3) is 0 Å². The third-order valence-electron chi connectivity index (χ3n) is 2.83. The van der Waals surface area contributed by atoms with Crippen molar-refractivity contribution in [1.82, 2.24) is 0 Å². The van der Waals surface area contributed by atoms with Crippen LogP contribution in [0.15, 0.2) is 18.2 Å². The minimum atomic E-state index is -0.154. The fraction of sp³-hybridized carbons (Fsp3) is 0.538. The first-order valence-electron chi connectivity index (χ1n) is 5.67. The van der Waals surface area contributed by atoms with Crippen LogP contribution >= 0.6 is 0 Å². The zero-order valence-electron chi connectivity index (χ0n) is 9.59. The summed E-state index contributed by atoms with van der Waals surface area (Å²) in [5.74, 6) is -0.154. The normalized spacial score (nSPS) is 12.8. The summed E-state index contributed by atoms with van der Waals surface area (Å²) >= 11 is 0. The van der Waals surface area contributed by atoms with Gasteiger partial charge >= 0.3 is 0 Å². The smallest absolute Gasteiger partial charge is 0.126 e. The van der Waals surface area contributed by atoms with Crippen molar-refractivity contribution in [3.63, 3.8) is 0 Å². The molecule has 84 valence electrons. The van der Waals surface area contributed by atoms with E-state index in [2.05, 4.69) is 6.92 Å². The molecule has 1 aromatic rings. The Kier molecular flexibility index (Phi) is 4.76. The predicted octanol–water partition coefficient (Wildman–Crippen LogP) is 3.71. The summed E-state index contributed by atoms with van der Waals surface area (Å²) in [5.41, 5.74) is 7.68. The topological polar surface area (TPSA) is 26.0 Å². The molecule has 15 heavy (non-hydrogen) atoms. The molecule has 0 saturated carbocycles. The summed E-state index contributed by atoms with van der Waals surface area (Å²) in [4.78, 5) is 0. The van der Waals surface area contributed by atoms with Crippen LogP contribution in [-0.4, -0.2) is 0 Å². The van der Waals surface area contributed by atoms with E-state index in [0.29, 0.717) is 5.56 Å². The second-order valence-corrected chi connectivity index (χ2v) is 4.06. The van der Waals surface area contributed by atoms with Crippen molar-refractivity contribution < 1.29 is 4.39 Å². The molecule has 0 fully saturated rings. The van der Waals surface area contributed by atoms with E-state index in [4.69, 9.17) is 5.73 Å². The van der Waals surface area contributed by atoms with E-state index in [1.54, 1.807) is 13.0 Å². The Morgan fingerprint density at radius 2 is 2.07 bits per heavy atom. The molecule has 0 unspecified atom stereocenters. The zero-order chi connectivity index (χ0) is 11.3. The van der Waals surface area contributed by atoms with Gasteiger partial charge in [0, 0.05) is 6.04 Å². The van der Waals surface area contributed by atoms with Gasteiger partial charge in [-0.3, -0.25) is 0 Å². The standard InChI is InChI=1S/C13H20FN/c1-3-4-5-9-13(15)11-7-6-8-12(14)10(11)2/h6-8,13H,3-5,9,15H2,1-2H3/t13-/m0/s1. The lowest BCUT2D eigenvalue weighted by atomic mass is 9.97. The average molecular weight is 209 g/mol. The molecule has 0 bridgehead atoms. The van der Waals surface area contributed by atoms with Gasteiger partial charge < -0.3 is 5.73 Å². The summed E-state index contributed by atoms with van der Waals surface area (Å²) in [6, 6.07) is 5.12. The molecular formula is C13H20FN. The van der Waals surface area contributed by atoms with E-state index in [9.17, 15) is 4.39 Å². The largest absolute Gasteiger partial charge is 0.324 e. The maximum absolute atomic E-state index is 13.3. The fourth-order valence-electron chi connectivity index (χ4n) is 1.80. The number of rotatable bonds is 5. The molecule has 1 nitrogen and oxygen atoms in total. The molecule has 2 heteroatoms. The highest BCUT2D eigenvalue weighted by molar-refractivity contribution is 5.29. The van der Waals surface area contributed by atoms with Gasteiger partial charge in [-0.05, 0) is 30.5 Å². The summed E-state index contributed by atoms with van der Waals surface area (Å²) in [7, 11) is 0. The molecule has 0 aliphatic carbocycles. The van der Waals surface area contributed by atoms with Crippen molar-refractivity contribution >= 4 is 0 Å². The Bertz CT molecular complexity index is 309. The van der Waals surface area contributed by atoms with Gasteiger partial charge in [0.05, 0.1) is 0 Å². The lowest BCUT2D eigenvalue weighted by molar-refractivity contribution is 0.567. The highest BCUT2D eigenvalue weighted by atomic mass is 19.1. The van der Waals surface area contributed by atoms with Crippen LogP contribution in [0.5, 0.6) is 0 Å². The van der Waals surface area contributed by atoms with Crippen molar-refractivity contribution in [3.8, 4) is 0 Å². The van der Waals surface area contributed by atoms with Crippen LogP contribution in [0.4, 0.5) is 4.39 Å². The van der Waals surface area contributed by atoms with E-state index in [1.165, 1.54) is 18.9 Å². The molecule has 0 saturated heterocycles. The minimum Gasteiger partial charge on any atom is -0.324 e. The van der Waals surface area contributed by atoms with E-state index >= 15 is 0 Å². The lowest BCUT2D eigenvalue weighted by Crippen LogP contribution is -2.12. The number of hydrogen-bond acceptors (Lipinski definition) is 1. The van der Waals surface area contributed by atoms with Gasteiger partial charge in [0.25, 0.3) is 0 Å². The Labute approximate surface area is 91.5 Å². The Hall–Kier alpha value is -0.890. The van der Waals surface area contributed by atoms with Gasteiger partial charge in [-0.15, -0.1) is 0 Å². The Morgan fingerprint density at radius 3 is 2.73 bits per heavy atom. The van der Waals surface area contributed by atoms with Crippen molar-refractivity contribution in [1.29, 1.82) is 0 Å². The second-order valence-electron chi connectivity index (χ2n) is 4.06. The third-order valence-corrected chi connectivity index (χ3v) is 2.83. The predicted molar refractivity (Wildman–Crippen MR) is 62.2 cm³/mol. The summed E-state index contributed by atoms with van der Waals surface area (Å²) < 4.78 is 13.3. The van der Waals surface area contributed by atoms with Crippen molar-refractivity contribution in [2.24, 2.45) is 5.73 Å². The van der Waals surface area contributed by atoms with Crippen LogP contribution in [0.2, 0.25) is 0 Å². The first-order valence-corrected chi connectivity index (χ1v) is 5.67. The van der Waals surface area contributed by atoms with Gasteiger partial charge in [0.2, 0.25) is 0 Å². The molecule has 2 N–H and O–H groups in total. The Morgan fingerprint density at radius 1 is 1.33 bits per heavy atom. The van der Waals surface area contributed by atoms with Crippen molar-refractivity contribution in [2.75, 3.05) is 0 Å². The van der Waals surface area contributed by atoms with Crippen LogP contribution in [0, 0.1) is 12.7 Å². The molecule has 1 atom stereocenters. The highest BCUT2D eigenvalue weighted by Gasteiger charge is 2.10. The number of benzene rings is 1. The molecule has 0 aromatic heterocycles. The zero-order valence-corrected chi connectivity index (χ0v) is 9.59. The van der Waals surface area contributed by atoms with Gasteiger partial charge in [-0.2, -0.15) is 0 Å². The van der Waals surface area contributed by atoms with Crippen LogP contribution in [0.1, 0.15) is 49.8 Å². The van der Waals surface area contributed by atoms with Crippen LogP contribution in [-0.2, 0) is 0 Å². The van der Waals surface area contributed by atoms with Crippen molar-refractivity contribution in [3.05, 3.63) is 35.1 Å². The highest BCUT2D eigenvalue weighted by Crippen LogP contribution is 2.22. The quantitative estimate of drug-likeness (QED) is 0.735. The number of nitrogens with two attached hydrogens (primary N) is 1. The van der Waals surface area contributed by atoms with E-state index in [1.807, 2.05) is 6.07 Å². The molecule has 0 spiro atoms. The third kappa shape index (κ3) is 3.31. The monoisotopic (exact) mass is 209 g/mol. The van der Waals surface area contributed by atoms with Gasteiger partial charge in [-0.1, -0.05) is 38.3 Å². The molecule has 0 heterocycles. The lowest BCUT2D eigenvalue weighted by Gasteiger charge is -2.14.